The normalized spacial score (nSPS) is 58.6. The van der Waals surface area contributed by atoms with Crippen LogP contribution in [0, 0.1) is 50.7 Å². The van der Waals surface area contributed by atoms with Crippen LogP contribution in [0.5, 0.6) is 0 Å². The van der Waals surface area contributed by atoms with Crippen LogP contribution in [-0.4, -0.2) is 55.9 Å². The standard InChI is InChI=1S/C30H48O6/c1-17-9-12-30(24(34)35)14-13-27(4)18(22(30)29(17,6)36)7-8-20-25(2)11-10-21(33)26(3,16-31)23(25)19(32)15-28(20,27)5/h7,17,19-23,31-33,36H,8-16H2,1-6H3,(H,34,35). The van der Waals surface area contributed by atoms with Gasteiger partial charge in [-0.05, 0) is 86.4 Å². The summed E-state index contributed by atoms with van der Waals surface area (Å²) in [6, 6.07) is 0. The molecule has 0 aliphatic heterocycles. The molecule has 4 saturated carbocycles. The quantitative estimate of drug-likeness (QED) is 0.361. The largest absolute Gasteiger partial charge is 0.481 e. The van der Waals surface area contributed by atoms with Crippen LogP contribution in [0.25, 0.3) is 0 Å². The van der Waals surface area contributed by atoms with Gasteiger partial charge >= 0.3 is 5.97 Å². The van der Waals surface area contributed by atoms with Gasteiger partial charge in [0.1, 0.15) is 0 Å². The third-order valence-corrected chi connectivity index (χ3v) is 13.5. The van der Waals surface area contributed by atoms with Crippen molar-refractivity contribution in [1.82, 2.24) is 0 Å². The number of carboxylic acids is 1. The van der Waals surface area contributed by atoms with Crippen molar-refractivity contribution in [1.29, 1.82) is 0 Å². The number of carbonyl (C=O) groups is 1. The molecule has 6 heteroatoms. The lowest BCUT2D eigenvalue weighted by Crippen LogP contribution is -2.70. The van der Waals surface area contributed by atoms with Crippen molar-refractivity contribution in [3.8, 4) is 0 Å². The van der Waals surface area contributed by atoms with Gasteiger partial charge in [0.2, 0.25) is 0 Å². The van der Waals surface area contributed by atoms with E-state index in [1.165, 1.54) is 0 Å². The van der Waals surface area contributed by atoms with Gasteiger partial charge in [-0.25, -0.2) is 0 Å². The SMILES string of the molecule is CC1CCC2(C(=O)O)CCC3(C)C(=CCC4C5(C)CCC(O)C(C)(CO)C5C(O)CC43C)C2C1(C)O. The molecule has 5 aliphatic rings. The van der Waals surface area contributed by atoms with Crippen molar-refractivity contribution < 1.29 is 30.3 Å². The molecule has 0 aromatic carbocycles. The fourth-order valence-electron chi connectivity index (χ4n) is 11.0. The molecule has 204 valence electrons. The van der Waals surface area contributed by atoms with Crippen molar-refractivity contribution in [2.45, 2.75) is 111 Å². The van der Waals surface area contributed by atoms with Crippen LogP contribution in [0.1, 0.15) is 92.9 Å². The Balaban J connectivity index is 1.66. The van der Waals surface area contributed by atoms with Gasteiger partial charge in [-0.3, -0.25) is 4.79 Å². The van der Waals surface area contributed by atoms with Gasteiger partial charge in [-0.2, -0.15) is 0 Å². The maximum Gasteiger partial charge on any atom is 0.310 e. The van der Waals surface area contributed by atoms with Gasteiger partial charge in [0.15, 0.2) is 0 Å². The van der Waals surface area contributed by atoms with Crippen LogP contribution < -0.4 is 0 Å². The predicted octanol–water partition coefficient (Wildman–Crippen LogP) is 4.15. The first kappa shape index (κ1) is 26.6. The third kappa shape index (κ3) is 2.91. The first-order chi connectivity index (χ1) is 16.6. The van der Waals surface area contributed by atoms with Gasteiger partial charge in [0.05, 0.1) is 29.8 Å². The van der Waals surface area contributed by atoms with Crippen molar-refractivity contribution >= 4 is 5.97 Å². The number of aliphatic hydroxyl groups excluding tert-OH is 3. The molecular weight excluding hydrogens is 456 g/mol. The Morgan fingerprint density at radius 2 is 1.69 bits per heavy atom. The van der Waals surface area contributed by atoms with Crippen molar-refractivity contribution in [2.24, 2.45) is 50.7 Å². The summed E-state index contributed by atoms with van der Waals surface area (Å²) in [5, 5.41) is 55.6. The van der Waals surface area contributed by atoms with E-state index in [2.05, 4.69) is 26.8 Å². The maximum atomic E-state index is 12.8. The smallest absolute Gasteiger partial charge is 0.310 e. The molecule has 0 saturated heterocycles. The summed E-state index contributed by atoms with van der Waals surface area (Å²) in [6.07, 6.45) is 6.26. The zero-order chi connectivity index (χ0) is 26.7. The molecule has 12 atom stereocenters. The number of fused-ring (bicyclic) bond motifs is 7. The molecule has 0 radical (unpaired) electrons. The number of allylic oxidation sites excluding steroid dienone is 1. The van der Waals surface area contributed by atoms with Gasteiger partial charge in [-0.15, -0.1) is 0 Å². The molecule has 0 aromatic heterocycles. The second-order valence-corrected chi connectivity index (χ2v) is 14.7. The van der Waals surface area contributed by atoms with E-state index in [9.17, 15) is 30.3 Å². The highest BCUT2D eigenvalue weighted by molar-refractivity contribution is 5.77. The molecule has 6 nitrogen and oxygen atoms in total. The third-order valence-electron chi connectivity index (χ3n) is 13.5. The van der Waals surface area contributed by atoms with Crippen LogP contribution in [0.15, 0.2) is 11.6 Å². The van der Waals surface area contributed by atoms with Gasteiger partial charge < -0.3 is 25.5 Å². The zero-order valence-corrected chi connectivity index (χ0v) is 23.0. The van der Waals surface area contributed by atoms with Gasteiger partial charge in [0.25, 0.3) is 0 Å². The first-order valence-corrected chi connectivity index (χ1v) is 14.2. The highest BCUT2D eigenvalue weighted by Crippen LogP contribution is 2.76. The lowest BCUT2D eigenvalue weighted by molar-refractivity contribution is -0.255. The van der Waals surface area contributed by atoms with Gasteiger partial charge in [0, 0.05) is 17.3 Å². The van der Waals surface area contributed by atoms with E-state index in [1.54, 1.807) is 0 Å². The van der Waals surface area contributed by atoms with E-state index < -0.39 is 40.5 Å². The predicted molar refractivity (Wildman–Crippen MR) is 137 cm³/mol. The molecule has 5 N–H and O–H groups in total. The Hall–Kier alpha value is -0.950. The summed E-state index contributed by atoms with van der Waals surface area (Å²) >= 11 is 0. The average molecular weight is 505 g/mol. The molecule has 5 aliphatic carbocycles. The molecule has 36 heavy (non-hydrogen) atoms. The number of rotatable bonds is 2. The summed E-state index contributed by atoms with van der Waals surface area (Å²) in [4.78, 5) is 12.8. The van der Waals surface area contributed by atoms with Crippen LogP contribution in [-0.2, 0) is 4.79 Å². The molecule has 0 heterocycles. The molecule has 0 aromatic rings. The first-order valence-electron chi connectivity index (χ1n) is 14.2. The topological polar surface area (TPSA) is 118 Å². The Morgan fingerprint density at radius 3 is 2.31 bits per heavy atom. The monoisotopic (exact) mass is 504 g/mol. The average Bonchev–Trinajstić information content (AvgIpc) is 2.79. The van der Waals surface area contributed by atoms with E-state index in [0.29, 0.717) is 32.1 Å². The Labute approximate surface area is 216 Å². The molecule has 12 unspecified atom stereocenters. The molecule has 0 bridgehead atoms. The molecule has 4 fully saturated rings. The van der Waals surface area contributed by atoms with E-state index in [0.717, 1.165) is 24.8 Å². The number of aliphatic hydroxyl groups is 4. The molecule has 0 spiro atoms. The van der Waals surface area contributed by atoms with Crippen molar-refractivity contribution in [3.05, 3.63) is 11.6 Å². The summed E-state index contributed by atoms with van der Waals surface area (Å²) in [6.45, 7) is 12.5. The second-order valence-electron chi connectivity index (χ2n) is 14.7. The zero-order valence-electron chi connectivity index (χ0n) is 23.0. The molecular formula is C30H48O6. The summed E-state index contributed by atoms with van der Waals surface area (Å²) in [7, 11) is 0. The number of carboxylic acid groups (broad SMARTS) is 1. The highest BCUT2D eigenvalue weighted by Gasteiger charge is 2.73. The fourth-order valence-corrected chi connectivity index (χ4v) is 11.0. The lowest BCUT2D eigenvalue weighted by atomic mass is 9.32. The van der Waals surface area contributed by atoms with Crippen LogP contribution in [0.4, 0.5) is 0 Å². The van der Waals surface area contributed by atoms with Gasteiger partial charge in [-0.1, -0.05) is 46.3 Å². The van der Waals surface area contributed by atoms with Crippen molar-refractivity contribution in [3.63, 3.8) is 0 Å². The Kier molecular flexibility index (Phi) is 5.77. The second kappa shape index (κ2) is 7.80. The number of hydrogen-bond acceptors (Lipinski definition) is 5. The van der Waals surface area contributed by atoms with E-state index in [1.807, 2.05) is 20.8 Å². The highest BCUT2D eigenvalue weighted by atomic mass is 16.4. The number of hydrogen-bond donors (Lipinski definition) is 5. The van der Waals surface area contributed by atoms with Crippen LogP contribution >= 0.6 is 0 Å². The van der Waals surface area contributed by atoms with E-state index in [-0.39, 0.29) is 40.6 Å². The maximum absolute atomic E-state index is 12.8. The van der Waals surface area contributed by atoms with E-state index >= 15 is 0 Å². The van der Waals surface area contributed by atoms with Crippen LogP contribution in [0.2, 0.25) is 0 Å². The van der Waals surface area contributed by atoms with Crippen LogP contribution in [0.3, 0.4) is 0 Å². The summed E-state index contributed by atoms with van der Waals surface area (Å²) in [5.41, 5.74) is -2.62. The minimum Gasteiger partial charge on any atom is -0.481 e. The summed E-state index contributed by atoms with van der Waals surface area (Å²) in [5.74, 6) is -1.21. The summed E-state index contributed by atoms with van der Waals surface area (Å²) < 4.78 is 0. The van der Waals surface area contributed by atoms with Crippen molar-refractivity contribution in [2.75, 3.05) is 6.61 Å². The molecule has 0 amide bonds. The lowest BCUT2D eigenvalue weighted by Gasteiger charge is -2.72. The number of aliphatic carboxylic acids is 1. The molecule has 5 rings (SSSR count). The Bertz CT molecular complexity index is 974. The minimum atomic E-state index is -1.11. The Morgan fingerprint density at radius 1 is 1.03 bits per heavy atom. The minimum absolute atomic E-state index is 0.00712. The van der Waals surface area contributed by atoms with E-state index in [4.69, 9.17) is 0 Å². The fraction of sp³-hybridized carbons (Fsp3) is 0.900.